The summed E-state index contributed by atoms with van der Waals surface area (Å²) in [5.74, 6) is 0.135. The minimum absolute atomic E-state index is 0.0426. The number of fused-ring (bicyclic) bond motifs is 3. The van der Waals surface area contributed by atoms with Gasteiger partial charge in [-0.1, -0.05) is 61.2 Å². The normalized spacial score (nSPS) is 13.3. The molecule has 0 unspecified atom stereocenters. The third-order valence-corrected chi connectivity index (χ3v) is 5.59. The van der Waals surface area contributed by atoms with Gasteiger partial charge in [-0.15, -0.1) is 0 Å². The Morgan fingerprint density at radius 3 is 2.30 bits per heavy atom. The van der Waals surface area contributed by atoms with Crippen LogP contribution in [-0.4, -0.2) is 41.3 Å². The van der Waals surface area contributed by atoms with E-state index in [1.807, 2.05) is 24.3 Å². The maximum absolute atomic E-state index is 11.6. The van der Waals surface area contributed by atoms with E-state index in [1.165, 1.54) is 40.1 Å². The van der Waals surface area contributed by atoms with E-state index >= 15 is 0 Å². The van der Waals surface area contributed by atoms with Crippen LogP contribution in [0.2, 0.25) is 0 Å². The first-order chi connectivity index (χ1) is 13.1. The highest BCUT2D eigenvalue weighted by Gasteiger charge is 2.28. The summed E-state index contributed by atoms with van der Waals surface area (Å²) in [6, 6.07) is 15.6. The lowest BCUT2D eigenvalue weighted by molar-refractivity contribution is -0.138. The minimum Gasteiger partial charge on any atom is -0.480 e. The number of amides is 1. The second kappa shape index (κ2) is 8.77. The van der Waals surface area contributed by atoms with Gasteiger partial charge in [-0.05, 0) is 22.3 Å². The molecule has 0 spiro atoms. The summed E-state index contributed by atoms with van der Waals surface area (Å²) in [5, 5.41) is 11.7. The third-order valence-electron chi connectivity index (χ3n) is 4.45. The van der Waals surface area contributed by atoms with Gasteiger partial charge in [0.2, 0.25) is 0 Å². The van der Waals surface area contributed by atoms with Crippen LogP contribution in [-0.2, 0) is 9.53 Å². The Kier molecular flexibility index (Phi) is 6.19. The smallest absolute Gasteiger partial charge is 0.408 e. The zero-order valence-electron chi connectivity index (χ0n) is 14.8. The van der Waals surface area contributed by atoms with Crippen LogP contribution < -0.4 is 5.32 Å². The molecule has 0 heterocycles. The molecule has 2 N–H and O–H groups in total. The van der Waals surface area contributed by atoms with Crippen LogP contribution in [0, 0.1) is 0 Å². The molecule has 1 amide bonds. The van der Waals surface area contributed by atoms with Gasteiger partial charge >= 0.3 is 12.1 Å². The van der Waals surface area contributed by atoms with Crippen molar-refractivity contribution < 1.29 is 19.4 Å². The summed E-state index contributed by atoms with van der Waals surface area (Å²) in [7, 11) is 0. The molecule has 140 valence electrons. The fourth-order valence-corrected chi connectivity index (χ4v) is 4.43. The van der Waals surface area contributed by atoms with Gasteiger partial charge in [-0.3, -0.25) is 0 Å². The number of thioether (sulfide) groups is 1. The van der Waals surface area contributed by atoms with Gasteiger partial charge < -0.3 is 15.2 Å². The van der Waals surface area contributed by atoms with Crippen molar-refractivity contribution in [3.63, 3.8) is 0 Å². The van der Waals surface area contributed by atoms with Crippen molar-refractivity contribution in [2.24, 2.45) is 0 Å². The Morgan fingerprint density at radius 2 is 1.74 bits per heavy atom. The Labute approximate surface area is 162 Å². The zero-order chi connectivity index (χ0) is 19.2. The molecule has 27 heavy (non-hydrogen) atoms. The fraction of sp³-hybridized carbons (Fsp3) is 0.238. The Bertz CT molecular complexity index is 806. The van der Waals surface area contributed by atoms with Crippen LogP contribution in [0.25, 0.3) is 11.1 Å². The molecule has 2 aromatic carbocycles. The van der Waals surface area contributed by atoms with Crippen molar-refractivity contribution in [3.8, 4) is 11.1 Å². The van der Waals surface area contributed by atoms with Gasteiger partial charge in [-0.25, -0.2) is 9.59 Å². The molecule has 0 saturated heterocycles. The van der Waals surface area contributed by atoms with E-state index in [4.69, 9.17) is 4.74 Å². The zero-order valence-corrected chi connectivity index (χ0v) is 15.6. The second-order valence-corrected chi connectivity index (χ2v) is 7.26. The van der Waals surface area contributed by atoms with E-state index in [0.29, 0.717) is 0 Å². The minimum atomic E-state index is -1.08. The average molecular weight is 383 g/mol. The number of carbonyl (C=O) groups is 2. The van der Waals surface area contributed by atoms with Crippen LogP contribution in [0.1, 0.15) is 17.0 Å². The van der Waals surface area contributed by atoms with Crippen LogP contribution in [0.3, 0.4) is 0 Å². The molecule has 0 bridgehead atoms. The molecule has 5 nitrogen and oxygen atoms in total. The predicted octanol–water partition coefficient (Wildman–Crippen LogP) is 3.90. The van der Waals surface area contributed by atoms with Gasteiger partial charge in [0.1, 0.15) is 12.6 Å². The van der Waals surface area contributed by atoms with E-state index in [0.717, 1.165) is 5.75 Å². The first kappa shape index (κ1) is 19.0. The molecule has 3 rings (SSSR count). The molecular formula is C21H21NO4S. The molecule has 0 aromatic heterocycles. The molecule has 1 aliphatic rings. The molecule has 2 aromatic rings. The highest BCUT2D eigenvalue weighted by molar-refractivity contribution is 7.99. The number of carboxylic acid groups (broad SMARTS) is 1. The van der Waals surface area contributed by atoms with Gasteiger partial charge in [0, 0.05) is 17.4 Å². The summed E-state index contributed by atoms with van der Waals surface area (Å²) in [6.07, 6.45) is 0.679. The van der Waals surface area contributed by atoms with Crippen LogP contribution >= 0.6 is 11.8 Å². The van der Waals surface area contributed by atoms with E-state index in [1.54, 1.807) is 0 Å². The maximum Gasteiger partial charge on any atom is 0.408 e. The second-order valence-electron chi connectivity index (χ2n) is 6.19. The summed E-state index contributed by atoms with van der Waals surface area (Å²) in [4.78, 5) is 23.0. The number of alkyl carbamates (subject to hydrolysis) is 1. The first-order valence-electron chi connectivity index (χ1n) is 8.64. The molecule has 0 fully saturated rings. The highest BCUT2D eigenvalue weighted by atomic mass is 32.2. The first-order valence-corrected chi connectivity index (χ1v) is 9.80. The molecule has 0 saturated carbocycles. The molecule has 6 heteroatoms. The van der Waals surface area contributed by atoms with Crippen LogP contribution in [0.4, 0.5) is 4.79 Å². The van der Waals surface area contributed by atoms with E-state index in [2.05, 4.69) is 36.2 Å². The van der Waals surface area contributed by atoms with Crippen molar-refractivity contribution in [1.82, 2.24) is 5.32 Å². The number of nitrogens with one attached hydrogen (secondary N) is 1. The van der Waals surface area contributed by atoms with Gasteiger partial charge in [0.15, 0.2) is 0 Å². The maximum atomic E-state index is 11.6. The number of benzene rings is 2. The third kappa shape index (κ3) is 4.34. The highest BCUT2D eigenvalue weighted by Crippen LogP contribution is 2.45. The van der Waals surface area contributed by atoms with Crippen LogP contribution in [0.5, 0.6) is 0 Å². The fourth-order valence-electron chi connectivity index (χ4n) is 3.24. The van der Waals surface area contributed by atoms with Crippen molar-refractivity contribution in [2.45, 2.75) is 12.0 Å². The summed E-state index contributed by atoms with van der Waals surface area (Å²) in [6.45, 7) is 3.49. The van der Waals surface area contributed by atoms with Gasteiger partial charge in [0.25, 0.3) is 0 Å². The Morgan fingerprint density at radius 1 is 1.15 bits per heavy atom. The number of hydrogen-bond donors (Lipinski definition) is 2. The quantitative estimate of drug-likeness (QED) is 0.676. The largest absolute Gasteiger partial charge is 0.480 e. The lowest BCUT2D eigenvalue weighted by Gasteiger charge is -2.17. The van der Waals surface area contributed by atoms with Crippen molar-refractivity contribution in [2.75, 3.05) is 18.1 Å². The summed E-state index contributed by atoms with van der Waals surface area (Å²) in [5.41, 5.74) is 4.99. The van der Waals surface area contributed by atoms with E-state index < -0.39 is 18.1 Å². The Balaban J connectivity index is 1.65. The monoisotopic (exact) mass is 383 g/mol. The number of hydrogen-bond acceptors (Lipinski definition) is 4. The number of carbonyl (C=O) groups excluding carboxylic acids is 1. The Hall–Kier alpha value is -2.73. The molecule has 0 radical (unpaired) electrons. The SMILES string of the molecule is C=CCOC(=O)N[C@@H](CSCC1c2ccccc2-c2ccccc21)C(=O)O. The molecule has 1 atom stereocenters. The van der Waals surface area contributed by atoms with Crippen molar-refractivity contribution >= 4 is 23.8 Å². The summed E-state index contributed by atoms with van der Waals surface area (Å²) >= 11 is 1.51. The standard InChI is InChI=1S/C21H21NO4S/c1-2-11-26-21(25)22-19(20(23)24)13-27-12-18-16-9-5-3-7-14(16)15-8-4-6-10-17(15)18/h2-10,18-19H,1,11-13H2,(H,22,25)(H,23,24)/t19-/m0/s1. The van der Waals surface area contributed by atoms with Gasteiger partial charge in [-0.2, -0.15) is 11.8 Å². The molecular weight excluding hydrogens is 362 g/mol. The topological polar surface area (TPSA) is 75.6 Å². The number of ether oxygens (including phenoxy) is 1. The van der Waals surface area contributed by atoms with E-state index in [-0.39, 0.29) is 18.3 Å². The van der Waals surface area contributed by atoms with Crippen molar-refractivity contribution in [3.05, 3.63) is 72.3 Å². The number of aliphatic carboxylic acids is 1. The average Bonchev–Trinajstić information content (AvgIpc) is 3.00. The van der Waals surface area contributed by atoms with Crippen molar-refractivity contribution in [1.29, 1.82) is 0 Å². The van der Waals surface area contributed by atoms with E-state index in [9.17, 15) is 14.7 Å². The lowest BCUT2D eigenvalue weighted by Crippen LogP contribution is -2.43. The predicted molar refractivity (Wildman–Crippen MR) is 107 cm³/mol. The number of rotatable bonds is 8. The number of carboxylic acids is 1. The molecule has 1 aliphatic carbocycles. The lowest BCUT2D eigenvalue weighted by atomic mass is 9.99. The van der Waals surface area contributed by atoms with Crippen LogP contribution in [0.15, 0.2) is 61.2 Å². The molecule has 0 aliphatic heterocycles. The van der Waals surface area contributed by atoms with Gasteiger partial charge in [0.05, 0.1) is 0 Å². The summed E-state index contributed by atoms with van der Waals surface area (Å²) < 4.78 is 4.80.